The molecule has 0 saturated carbocycles. The first-order valence-electron chi connectivity index (χ1n) is 5.30. The molecular weight excluding hydrogens is 226 g/mol. The van der Waals surface area contributed by atoms with Gasteiger partial charge in [0.05, 0.1) is 10.7 Å². The van der Waals surface area contributed by atoms with Crippen LogP contribution in [0.1, 0.15) is 20.3 Å². The minimum absolute atomic E-state index is 0.0498. The molecule has 88 valence electrons. The van der Waals surface area contributed by atoms with E-state index in [2.05, 4.69) is 5.32 Å². The SMILES string of the molecule is CCC(C)C(Nc1ccccc1Cl)C(=O)O. The molecule has 0 spiro atoms. The summed E-state index contributed by atoms with van der Waals surface area (Å²) < 4.78 is 0. The van der Waals surface area contributed by atoms with Crippen molar-refractivity contribution >= 4 is 23.3 Å². The van der Waals surface area contributed by atoms with E-state index in [9.17, 15) is 4.79 Å². The number of aliphatic carboxylic acids is 1. The second kappa shape index (κ2) is 5.75. The Morgan fingerprint density at radius 2 is 2.12 bits per heavy atom. The van der Waals surface area contributed by atoms with Crippen molar-refractivity contribution in [1.82, 2.24) is 0 Å². The van der Waals surface area contributed by atoms with E-state index in [1.54, 1.807) is 12.1 Å². The zero-order valence-corrected chi connectivity index (χ0v) is 10.2. The minimum atomic E-state index is -0.853. The monoisotopic (exact) mass is 241 g/mol. The lowest BCUT2D eigenvalue weighted by molar-refractivity contribution is -0.139. The highest BCUT2D eigenvalue weighted by molar-refractivity contribution is 6.33. The molecule has 4 heteroatoms. The van der Waals surface area contributed by atoms with Gasteiger partial charge in [0.25, 0.3) is 0 Å². The van der Waals surface area contributed by atoms with Gasteiger partial charge in [-0.15, -0.1) is 0 Å². The maximum atomic E-state index is 11.1. The molecule has 0 bridgehead atoms. The first kappa shape index (κ1) is 12.8. The minimum Gasteiger partial charge on any atom is -0.480 e. The summed E-state index contributed by atoms with van der Waals surface area (Å²) in [6, 6.07) is 6.54. The van der Waals surface area contributed by atoms with Crippen LogP contribution in [0.2, 0.25) is 5.02 Å². The third-order valence-electron chi connectivity index (χ3n) is 2.66. The summed E-state index contributed by atoms with van der Waals surface area (Å²) in [7, 11) is 0. The van der Waals surface area contributed by atoms with Gasteiger partial charge < -0.3 is 10.4 Å². The molecule has 0 radical (unpaired) electrons. The number of para-hydroxylation sites is 1. The Hall–Kier alpha value is -1.22. The van der Waals surface area contributed by atoms with Crippen LogP contribution in [0.15, 0.2) is 24.3 Å². The molecule has 1 aromatic rings. The maximum absolute atomic E-state index is 11.1. The Morgan fingerprint density at radius 3 is 2.62 bits per heavy atom. The van der Waals surface area contributed by atoms with Crippen molar-refractivity contribution in [2.75, 3.05) is 5.32 Å². The smallest absolute Gasteiger partial charge is 0.326 e. The lowest BCUT2D eigenvalue weighted by Crippen LogP contribution is -2.35. The summed E-state index contributed by atoms with van der Waals surface area (Å²) in [6.45, 7) is 3.87. The normalized spacial score (nSPS) is 14.2. The van der Waals surface area contributed by atoms with Crippen LogP contribution in [0.3, 0.4) is 0 Å². The van der Waals surface area contributed by atoms with Gasteiger partial charge in [-0.2, -0.15) is 0 Å². The van der Waals surface area contributed by atoms with Gasteiger partial charge in [-0.05, 0) is 18.1 Å². The predicted octanol–water partition coefficient (Wildman–Crippen LogP) is 3.25. The van der Waals surface area contributed by atoms with Gasteiger partial charge in [0.15, 0.2) is 0 Å². The zero-order chi connectivity index (χ0) is 12.1. The predicted molar refractivity (Wildman–Crippen MR) is 66.0 cm³/mol. The standard InChI is InChI=1S/C12H16ClNO2/c1-3-8(2)11(12(15)16)14-10-7-5-4-6-9(10)13/h4-8,11,14H,3H2,1-2H3,(H,15,16). The molecule has 0 aliphatic rings. The molecule has 2 unspecified atom stereocenters. The number of halogens is 1. The van der Waals surface area contributed by atoms with E-state index in [1.807, 2.05) is 26.0 Å². The van der Waals surface area contributed by atoms with Crippen molar-refractivity contribution in [3.63, 3.8) is 0 Å². The molecule has 0 aromatic heterocycles. The highest BCUT2D eigenvalue weighted by Crippen LogP contribution is 2.23. The van der Waals surface area contributed by atoms with Crippen molar-refractivity contribution in [3.8, 4) is 0 Å². The topological polar surface area (TPSA) is 49.3 Å². The van der Waals surface area contributed by atoms with Gasteiger partial charge in [0, 0.05) is 0 Å². The molecule has 2 N–H and O–H groups in total. The Balaban J connectivity index is 2.84. The van der Waals surface area contributed by atoms with E-state index in [0.717, 1.165) is 6.42 Å². The molecule has 0 aliphatic heterocycles. The fraction of sp³-hybridized carbons (Fsp3) is 0.417. The summed E-state index contributed by atoms with van der Waals surface area (Å²) in [5.74, 6) is -0.803. The number of nitrogens with one attached hydrogen (secondary N) is 1. The quantitative estimate of drug-likeness (QED) is 0.832. The number of carbonyl (C=O) groups is 1. The highest BCUT2D eigenvalue weighted by atomic mass is 35.5. The van der Waals surface area contributed by atoms with Crippen LogP contribution in [0, 0.1) is 5.92 Å². The lowest BCUT2D eigenvalue weighted by atomic mass is 9.99. The summed E-state index contributed by atoms with van der Waals surface area (Å²) in [5, 5.41) is 12.6. The van der Waals surface area contributed by atoms with Crippen molar-refractivity contribution in [2.45, 2.75) is 26.3 Å². The van der Waals surface area contributed by atoms with Gasteiger partial charge >= 0.3 is 5.97 Å². The first-order chi connectivity index (χ1) is 7.56. The van der Waals surface area contributed by atoms with Gasteiger partial charge in [-0.1, -0.05) is 44.0 Å². The molecule has 3 nitrogen and oxygen atoms in total. The van der Waals surface area contributed by atoms with Gasteiger partial charge in [0.1, 0.15) is 6.04 Å². The van der Waals surface area contributed by atoms with Crippen molar-refractivity contribution < 1.29 is 9.90 Å². The van der Waals surface area contributed by atoms with Crippen molar-refractivity contribution in [2.24, 2.45) is 5.92 Å². The Kier molecular flexibility index (Phi) is 4.62. The third-order valence-corrected chi connectivity index (χ3v) is 2.99. The second-order valence-corrected chi connectivity index (χ2v) is 4.23. The van der Waals surface area contributed by atoms with Gasteiger partial charge in [-0.25, -0.2) is 4.79 Å². The number of carboxylic acid groups (broad SMARTS) is 1. The molecule has 1 aromatic carbocycles. The molecule has 2 atom stereocenters. The number of rotatable bonds is 5. The van der Waals surface area contributed by atoms with E-state index in [1.165, 1.54) is 0 Å². The molecule has 0 fully saturated rings. The van der Waals surface area contributed by atoms with Gasteiger partial charge in [0.2, 0.25) is 0 Å². The Morgan fingerprint density at radius 1 is 1.50 bits per heavy atom. The van der Waals surface area contributed by atoms with Crippen molar-refractivity contribution in [1.29, 1.82) is 0 Å². The molecule has 0 heterocycles. The summed E-state index contributed by atoms with van der Waals surface area (Å²) in [4.78, 5) is 11.1. The molecule has 0 aliphatic carbocycles. The fourth-order valence-corrected chi connectivity index (χ4v) is 1.62. The first-order valence-corrected chi connectivity index (χ1v) is 5.68. The van der Waals surface area contributed by atoms with Crippen LogP contribution in [0.4, 0.5) is 5.69 Å². The van der Waals surface area contributed by atoms with Crippen LogP contribution >= 0.6 is 11.6 Å². The van der Waals surface area contributed by atoms with Crippen molar-refractivity contribution in [3.05, 3.63) is 29.3 Å². The zero-order valence-electron chi connectivity index (χ0n) is 9.40. The van der Waals surface area contributed by atoms with E-state index in [0.29, 0.717) is 10.7 Å². The number of hydrogen-bond donors (Lipinski definition) is 2. The third kappa shape index (κ3) is 3.14. The van der Waals surface area contributed by atoms with Crippen LogP contribution in [0.5, 0.6) is 0 Å². The highest BCUT2D eigenvalue weighted by Gasteiger charge is 2.23. The molecule has 0 amide bonds. The number of hydrogen-bond acceptors (Lipinski definition) is 2. The largest absolute Gasteiger partial charge is 0.480 e. The summed E-state index contributed by atoms with van der Waals surface area (Å²) in [5.41, 5.74) is 0.664. The molecule has 16 heavy (non-hydrogen) atoms. The molecule has 0 saturated heterocycles. The second-order valence-electron chi connectivity index (χ2n) is 3.83. The Bertz CT molecular complexity index is 368. The maximum Gasteiger partial charge on any atom is 0.326 e. The van der Waals surface area contributed by atoms with Crippen LogP contribution in [0.25, 0.3) is 0 Å². The summed E-state index contributed by atoms with van der Waals surface area (Å²) in [6.07, 6.45) is 0.800. The van der Waals surface area contributed by atoms with E-state index < -0.39 is 12.0 Å². The Labute approximate surface area is 100 Å². The summed E-state index contributed by atoms with van der Waals surface area (Å²) >= 11 is 5.97. The van der Waals surface area contributed by atoms with E-state index in [4.69, 9.17) is 16.7 Å². The number of carboxylic acids is 1. The lowest BCUT2D eigenvalue weighted by Gasteiger charge is -2.21. The number of anilines is 1. The van der Waals surface area contributed by atoms with E-state index >= 15 is 0 Å². The average Bonchev–Trinajstić information content (AvgIpc) is 2.26. The fourth-order valence-electron chi connectivity index (χ4n) is 1.43. The van der Waals surface area contributed by atoms with Crippen LogP contribution < -0.4 is 5.32 Å². The van der Waals surface area contributed by atoms with Gasteiger partial charge in [-0.3, -0.25) is 0 Å². The van der Waals surface area contributed by atoms with E-state index in [-0.39, 0.29) is 5.92 Å². The molecule has 1 rings (SSSR count). The van der Waals surface area contributed by atoms with Crippen LogP contribution in [-0.4, -0.2) is 17.1 Å². The molecular formula is C12H16ClNO2. The average molecular weight is 242 g/mol. The number of benzene rings is 1. The van der Waals surface area contributed by atoms with Crippen LogP contribution in [-0.2, 0) is 4.79 Å².